The molecule has 0 bridgehead atoms. The third-order valence-corrected chi connectivity index (χ3v) is 3.57. The van der Waals surface area contributed by atoms with Crippen LogP contribution in [0.3, 0.4) is 0 Å². The SMILES string of the molecule is Cc1cc(NC(=O)[C@@H]2COC(=O)N2)ccc1-c1ccccc1. The molecule has 2 amide bonds. The molecule has 0 spiro atoms. The van der Waals surface area contributed by atoms with Crippen LogP contribution in [0.15, 0.2) is 48.5 Å². The highest BCUT2D eigenvalue weighted by atomic mass is 16.6. The zero-order valence-corrected chi connectivity index (χ0v) is 12.1. The minimum atomic E-state index is -0.637. The maximum atomic E-state index is 12.0. The third-order valence-electron chi connectivity index (χ3n) is 3.57. The van der Waals surface area contributed by atoms with Crippen molar-refractivity contribution >= 4 is 17.7 Å². The normalized spacial score (nSPS) is 16.8. The number of ether oxygens (including phenoxy) is 1. The van der Waals surface area contributed by atoms with Crippen LogP contribution < -0.4 is 10.6 Å². The Labute approximate surface area is 128 Å². The molecule has 0 radical (unpaired) electrons. The van der Waals surface area contributed by atoms with Crippen molar-refractivity contribution in [1.29, 1.82) is 0 Å². The Morgan fingerprint density at radius 3 is 2.64 bits per heavy atom. The van der Waals surface area contributed by atoms with Gasteiger partial charge in [-0.15, -0.1) is 0 Å². The van der Waals surface area contributed by atoms with Crippen LogP contribution in [0.4, 0.5) is 10.5 Å². The smallest absolute Gasteiger partial charge is 0.407 e. The first-order chi connectivity index (χ1) is 10.6. The van der Waals surface area contributed by atoms with Gasteiger partial charge in [-0.3, -0.25) is 4.79 Å². The molecular weight excluding hydrogens is 280 g/mol. The molecule has 112 valence electrons. The molecule has 1 aliphatic rings. The molecule has 2 aromatic rings. The van der Waals surface area contributed by atoms with Crippen LogP contribution in [0, 0.1) is 6.92 Å². The summed E-state index contributed by atoms with van der Waals surface area (Å²) in [6.45, 7) is 2.06. The highest BCUT2D eigenvalue weighted by Gasteiger charge is 2.28. The molecule has 5 nitrogen and oxygen atoms in total. The number of alkyl carbamates (subject to hydrolysis) is 1. The number of benzene rings is 2. The van der Waals surface area contributed by atoms with Crippen molar-refractivity contribution in [1.82, 2.24) is 5.32 Å². The fourth-order valence-electron chi connectivity index (χ4n) is 2.44. The molecule has 0 saturated carbocycles. The van der Waals surface area contributed by atoms with Gasteiger partial charge in [-0.1, -0.05) is 36.4 Å². The molecule has 1 fully saturated rings. The van der Waals surface area contributed by atoms with Gasteiger partial charge in [0.1, 0.15) is 12.6 Å². The lowest BCUT2D eigenvalue weighted by molar-refractivity contribution is -0.117. The quantitative estimate of drug-likeness (QED) is 0.915. The van der Waals surface area contributed by atoms with Crippen LogP contribution in [0.2, 0.25) is 0 Å². The molecule has 1 atom stereocenters. The first-order valence-electron chi connectivity index (χ1n) is 7.04. The van der Waals surface area contributed by atoms with E-state index >= 15 is 0 Å². The van der Waals surface area contributed by atoms with E-state index in [1.807, 2.05) is 55.5 Å². The van der Waals surface area contributed by atoms with Crippen molar-refractivity contribution < 1.29 is 14.3 Å². The number of carbonyl (C=O) groups is 2. The van der Waals surface area contributed by atoms with Gasteiger partial charge in [-0.25, -0.2) is 4.79 Å². The van der Waals surface area contributed by atoms with Crippen molar-refractivity contribution in [3.63, 3.8) is 0 Å². The molecule has 22 heavy (non-hydrogen) atoms. The highest BCUT2D eigenvalue weighted by molar-refractivity contribution is 5.98. The Kier molecular flexibility index (Phi) is 3.78. The molecule has 3 rings (SSSR count). The molecule has 5 heteroatoms. The summed E-state index contributed by atoms with van der Waals surface area (Å²) in [7, 11) is 0. The minimum absolute atomic E-state index is 0.0613. The number of hydrogen-bond donors (Lipinski definition) is 2. The lowest BCUT2D eigenvalue weighted by Crippen LogP contribution is -2.38. The van der Waals surface area contributed by atoms with Gasteiger partial charge in [0.25, 0.3) is 5.91 Å². The first-order valence-corrected chi connectivity index (χ1v) is 7.04. The van der Waals surface area contributed by atoms with Gasteiger partial charge in [0.05, 0.1) is 0 Å². The molecule has 1 aliphatic heterocycles. The Morgan fingerprint density at radius 2 is 2.00 bits per heavy atom. The second-order valence-corrected chi connectivity index (χ2v) is 5.18. The van der Waals surface area contributed by atoms with Gasteiger partial charge in [0.2, 0.25) is 0 Å². The Hall–Kier alpha value is -2.82. The van der Waals surface area contributed by atoms with Crippen molar-refractivity contribution in [2.75, 3.05) is 11.9 Å². The Balaban J connectivity index is 1.75. The summed E-state index contributed by atoms with van der Waals surface area (Å²) in [5.41, 5.74) is 4.02. The zero-order chi connectivity index (χ0) is 15.5. The molecule has 2 N–H and O–H groups in total. The van der Waals surface area contributed by atoms with Crippen LogP contribution in [-0.4, -0.2) is 24.6 Å². The summed E-state index contributed by atoms with van der Waals surface area (Å²) in [4.78, 5) is 23.0. The number of nitrogens with one attached hydrogen (secondary N) is 2. The lowest BCUT2D eigenvalue weighted by atomic mass is 10.00. The van der Waals surface area contributed by atoms with E-state index < -0.39 is 12.1 Å². The van der Waals surface area contributed by atoms with E-state index in [-0.39, 0.29) is 12.5 Å². The van der Waals surface area contributed by atoms with Gasteiger partial charge in [0.15, 0.2) is 0 Å². The summed E-state index contributed by atoms with van der Waals surface area (Å²) in [5, 5.41) is 5.24. The fraction of sp³-hybridized carbons (Fsp3) is 0.176. The van der Waals surface area contributed by atoms with Crippen LogP contribution in [-0.2, 0) is 9.53 Å². The van der Waals surface area contributed by atoms with Crippen molar-refractivity contribution in [2.24, 2.45) is 0 Å². The molecule has 0 aliphatic carbocycles. The predicted octanol–water partition coefficient (Wildman–Crippen LogP) is 2.71. The molecule has 1 heterocycles. The number of cyclic esters (lactones) is 1. The Morgan fingerprint density at radius 1 is 1.23 bits per heavy atom. The number of aryl methyl sites for hydroxylation is 1. The van der Waals surface area contributed by atoms with Crippen molar-refractivity contribution in [2.45, 2.75) is 13.0 Å². The van der Waals surface area contributed by atoms with Crippen molar-refractivity contribution in [3.05, 3.63) is 54.1 Å². The van der Waals surface area contributed by atoms with Gasteiger partial charge < -0.3 is 15.4 Å². The highest BCUT2D eigenvalue weighted by Crippen LogP contribution is 2.25. The summed E-state index contributed by atoms with van der Waals surface area (Å²) >= 11 is 0. The van der Waals surface area contributed by atoms with Crippen LogP contribution in [0.25, 0.3) is 11.1 Å². The van der Waals surface area contributed by atoms with Crippen LogP contribution in [0.5, 0.6) is 0 Å². The van der Waals surface area contributed by atoms with Gasteiger partial charge in [-0.2, -0.15) is 0 Å². The molecular formula is C17H16N2O3. The molecule has 0 unspecified atom stereocenters. The average molecular weight is 296 g/mol. The van der Waals surface area contributed by atoms with Gasteiger partial charge in [0, 0.05) is 5.69 Å². The van der Waals surface area contributed by atoms with E-state index in [1.54, 1.807) is 0 Å². The second-order valence-electron chi connectivity index (χ2n) is 5.18. The van der Waals surface area contributed by atoms with Gasteiger partial charge >= 0.3 is 6.09 Å². The molecule has 1 saturated heterocycles. The third kappa shape index (κ3) is 2.93. The van der Waals surface area contributed by atoms with Gasteiger partial charge in [-0.05, 0) is 35.7 Å². The minimum Gasteiger partial charge on any atom is -0.447 e. The van der Waals surface area contributed by atoms with E-state index in [9.17, 15) is 9.59 Å². The summed E-state index contributed by atoms with van der Waals surface area (Å²) in [6.07, 6.45) is -0.559. The average Bonchev–Trinajstić information content (AvgIpc) is 2.95. The van der Waals surface area contributed by atoms with E-state index in [2.05, 4.69) is 10.6 Å². The predicted molar refractivity (Wildman–Crippen MR) is 83.5 cm³/mol. The molecule has 2 aromatic carbocycles. The zero-order valence-electron chi connectivity index (χ0n) is 12.1. The van der Waals surface area contributed by atoms with E-state index in [1.165, 1.54) is 0 Å². The number of carbonyl (C=O) groups excluding carboxylic acids is 2. The molecule has 0 aromatic heterocycles. The van der Waals surface area contributed by atoms with E-state index in [4.69, 9.17) is 4.74 Å². The summed E-state index contributed by atoms with van der Waals surface area (Å²) in [5.74, 6) is -0.280. The van der Waals surface area contributed by atoms with E-state index in [0.29, 0.717) is 5.69 Å². The lowest BCUT2D eigenvalue weighted by Gasteiger charge is -2.12. The first kappa shape index (κ1) is 14.1. The van der Waals surface area contributed by atoms with E-state index in [0.717, 1.165) is 16.7 Å². The number of anilines is 1. The van der Waals surface area contributed by atoms with Crippen molar-refractivity contribution in [3.8, 4) is 11.1 Å². The monoisotopic (exact) mass is 296 g/mol. The topological polar surface area (TPSA) is 67.4 Å². The van der Waals surface area contributed by atoms with Crippen LogP contribution in [0.1, 0.15) is 5.56 Å². The Bertz CT molecular complexity index is 713. The van der Waals surface area contributed by atoms with Crippen LogP contribution >= 0.6 is 0 Å². The fourth-order valence-corrected chi connectivity index (χ4v) is 2.44. The number of hydrogen-bond acceptors (Lipinski definition) is 3. The maximum Gasteiger partial charge on any atom is 0.407 e. The standard InChI is InChI=1S/C17H16N2O3/c1-11-9-13(18-16(20)15-10-22-17(21)19-15)7-8-14(11)12-5-3-2-4-6-12/h2-9,15H,10H2,1H3,(H,18,20)(H,19,21)/t15-/m0/s1. The second kappa shape index (κ2) is 5.89. The summed E-state index contributed by atoms with van der Waals surface area (Å²) < 4.78 is 4.71. The number of rotatable bonds is 3. The number of amides is 2. The maximum absolute atomic E-state index is 12.0. The largest absolute Gasteiger partial charge is 0.447 e. The summed E-state index contributed by atoms with van der Waals surface area (Å²) in [6, 6.07) is 15.2.